The van der Waals surface area contributed by atoms with Crippen LogP contribution in [0.2, 0.25) is 19.6 Å². The molecule has 0 fully saturated rings. The van der Waals surface area contributed by atoms with Gasteiger partial charge in [-0.05, 0) is 87.4 Å². The molecule has 2 aromatic heterocycles. The molecule has 0 aliphatic carbocycles. The summed E-state index contributed by atoms with van der Waals surface area (Å²) in [6, 6.07) is 57.8. The van der Waals surface area contributed by atoms with Crippen molar-refractivity contribution in [2.24, 2.45) is 0 Å². The quantitative estimate of drug-likeness (QED) is 0.101. The van der Waals surface area contributed by atoms with Gasteiger partial charge < -0.3 is 9.47 Å². The molecular weight excluding hydrogens is 880 g/mol. The number of anilines is 3. The Balaban J connectivity index is 0.00000480. The third kappa shape index (κ3) is 7.94. The van der Waals surface area contributed by atoms with Gasteiger partial charge in [0.05, 0.1) is 22.4 Å². The third-order valence-corrected chi connectivity index (χ3v) is 11.6. The molecule has 6 heteroatoms. The van der Waals surface area contributed by atoms with E-state index in [2.05, 4.69) is 196 Å². The molecule has 0 radical (unpaired) electrons. The van der Waals surface area contributed by atoms with E-state index in [1.54, 1.807) is 0 Å². The Morgan fingerprint density at radius 3 is 1.86 bits per heavy atom. The average Bonchev–Trinajstić information content (AvgIpc) is 3.57. The van der Waals surface area contributed by atoms with Crippen LogP contribution < -0.4 is 4.90 Å². The number of nitrogens with zero attached hydrogens (tertiary/aromatic N) is 4. The van der Waals surface area contributed by atoms with Crippen molar-refractivity contribution in [1.29, 1.82) is 0 Å². The zero-order valence-electron chi connectivity index (χ0n) is 33.2. The first-order valence-corrected chi connectivity index (χ1v) is 23.2. The van der Waals surface area contributed by atoms with Gasteiger partial charge in [-0.25, -0.2) is 0 Å². The molecule has 8 aromatic rings. The van der Waals surface area contributed by atoms with E-state index in [0.29, 0.717) is 11.8 Å². The van der Waals surface area contributed by atoms with Gasteiger partial charge >= 0.3 is 21.1 Å². The SMILES string of the molecule is CC(C)c1cc(C[Si](C)(C)C)cc(C(C)C)c1-n1c(-c2[c-]c(N(c3[c-]c(-c4ccc5ccccc5n4)ccc3)c3ccccc3)ccc2)nc2ccccc21.[Pt+2]. The Labute approximate surface area is 347 Å². The van der Waals surface area contributed by atoms with E-state index in [0.717, 1.165) is 67.7 Å². The summed E-state index contributed by atoms with van der Waals surface area (Å²) in [7, 11) is -1.35. The normalized spacial score (nSPS) is 11.7. The van der Waals surface area contributed by atoms with Crippen molar-refractivity contribution < 1.29 is 21.1 Å². The smallest absolute Gasteiger partial charge is 0.346 e. The Hall–Kier alpha value is -5.09. The van der Waals surface area contributed by atoms with Crippen LogP contribution in [0, 0.1) is 12.1 Å². The minimum atomic E-state index is -1.35. The second kappa shape index (κ2) is 16.2. The number of benzene rings is 6. The Kier molecular flexibility index (Phi) is 11.3. The molecule has 56 heavy (non-hydrogen) atoms. The number of para-hydroxylation sites is 4. The number of aromatic nitrogens is 3. The third-order valence-electron chi connectivity index (χ3n) is 10.2. The van der Waals surface area contributed by atoms with Crippen molar-refractivity contribution in [1.82, 2.24) is 14.5 Å². The first-order chi connectivity index (χ1) is 26.5. The summed E-state index contributed by atoms with van der Waals surface area (Å²) < 4.78 is 2.42. The summed E-state index contributed by atoms with van der Waals surface area (Å²) in [5.74, 6) is 1.54. The molecule has 0 amide bonds. The van der Waals surface area contributed by atoms with Crippen molar-refractivity contribution in [3.63, 3.8) is 0 Å². The van der Waals surface area contributed by atoms with Crippen LogP contribution in [0.1, 0.15) is 56.2 Å². The molecule has 0 saturated carbocycles. The van der Waals surface area contributed by atoms with E-state index in [4.69, 9.17) is 9.97 Å². The van der Waals surface area contributed by atoms with Crippen molar-refractivity contribution in [3.8, 4) is 28.3 Å². The molecule has 282 valence electrons. The zero-order valence-corrected chi connectivity index (χ0v) is 36.5. The Bertz CT molecular complexity index is 2610. The van der Waals surface area contributed by atoms with E-state index in [1.807, 2.05) is 12.1 Å². The second-order valence-electron chi connectivity index (χ2n) is 16.4. The molecule has 8 rings (SSSR count). The maximum atomic E-state index is 5.37. The first kappa shape index (κ1) is 39.2. The fourth-order valence-corrected chi connectivity index (χ4v) is 9.11. The average molecular weight is 928 g/mol. The molecule has 6 aromatic carbocycles. The van der Waals surface area contributed by atoms with Crippen LogP contribution in [-0.2, 0) is 27.1 Å². The largest absolute Gasteiger partial charge is 2.00 e. The maximum absolute atomic E-state index is 5.37. The van der Waals surface area contributed by atoms with Gasteiger partial charge in [0.25, 0.3) is 0 Å². The van der Waals surface area contributed by atoms with Gasteiger partial charge in [-0.2, -0.15) is 0 Å². The minimum Gasteiger partial charge on any atom is -0.346 e. The predicted molar refractivity (Wildman–Crippen MR) is 235 cm³/mol. The van der Waals surface area contributed by atoms with E-state index in [9.17, 15) is 0 Å². The monoisotopic (exact) mass is 927 g/mol. The predicted octanol–water partition coefficient (Wildman–Crippen LogP) is 13.6. The Morgan fingerprint density at radius 2 is 1.20 bits per heavy atom. The van der Waals surface area contributed by atoms with Crippen molar-refractivity contribution >= 4 is 47.1 Å². The zero-order chi connectivity index (χ0) is 38.3. The second-order valence-corrected chi connectivity index (χ2v) is 21.9. The van der Waals surface area contributed by atoms with Crippen LogP contribution >= 0.6 is 0 Å². The summed E-state index contributed by atoms with van der Waals surface area (Å²) in [4.78, 5) is 12.6. The standard InChI is InChI=1S/C50H48N4Si.Pt/c1-34(2)43-29-36(33-55(5,6)7)30-44(35(3)4)49(43)54-48-26-14-13-25-47(48)52-50(54)39-19-16-23-42(32-39)53(40-20-9-8-10-21-40)41-22-15-18-38(31-41)46-28-27-37-17-11-12-24-45(37)51-46;/h8-30,34-35H,33H2,1-7H3;/q-2;+2. The number of rotatable bonds is 10. The number of fused-ring (bicyclic) bond motifs is 2. The van der Waals surface area contributed by atoms with Crippen molar-refractivity contribution in [2.75, 3.05) is 4.90 Å². The fraction of sp³-hybridized carbons (Fsp3) is 0.200. The van der Waals surface area contributed by atoms with Gasteiger partial charge in [0.15, 0.2) is 0 Å². The maximum Gasteiger partial charge on any atom is 2.00 e. The molecule has 0 N–H and O–H groups in total. The number of pyridine rings is 1. The summed E-state index contributed by atoms with van der Waals surface area (Å²) in [5.41, 5.74) is 14.0. The van der Waals surface area contributed by atoms with E-state index in [-0.39, 0.29) is 21.1 Å². The van der Waals surface area contributed by atoms with Crippen LogP contribution in [0.3, 0.4) is 0 Å². The molecule has 0 atom stereocenters. The summed E-state index contributed by atoms with van der Waals surface area (Å²) in [6.45, 7) is 16.7. The van der Waals surface area contributed by atoms with Gasteiger partial charge in [-0.15, -0.1) is 59.7 Å². The summed E-state index contributed by atoms with van der Waals surface area (Å²) in [6.07, 6.45) is 0. The van der Waals surface area contributed by atoms with Crippen molar-refractivity contribution in [2.45, 2.75) is 65.2 Å². The van der Waals surface area contributed by atoms with Gasteiger partial charge in [-0.1, -0.05) is 120 Å². The Morgan fingerprint density at radius 1 is 0.607 bits per heavy atom. The molecule has 0 spiro atoms. The molecular formula is C50H48N4PtSi. The van der Waals surface area contributed by atoms with Crippen LogP contribution in [0.4, 0.5) is 17.1 Å². The fourth-order valence-electron chi connectivity index (χ4n) is 7.69. The number of hydrogen-bond donors (Lipinski definition) is 0. The van der Waals surface area contributed by atoms with Crippen LogP contribution in [0.15, 0.2) is 140 Å². The summed E-state index contributed by atoms with van der Waals surface area (Å²) >= 11 is 0. The van der Waals surface area contributed by atoms with Gasteiger partial charge in [0, 0.05) is 19.4 Å². The van der Waals surface area contributed by atoms with Crippen LogP contribution in [0.5, 0.6) is 0 Å². The summed E-state index contributed by atoms with van der Waals surface area (Å²) in [5, 5.41) is 1.12. The van der Waals surface area contributed by atoms with Crippen LogP contribution in [0.25, 0.3) is 50.3 Å². The molecule has 2 heterocycles. The molecule has 0 unspecified atom stereocenters. The molecule has 0 aliphatic heterocycles. The molecule has 0 bridgehead atoms. The van der Waals surface area contributed by atoms with Gasteiger partial charge in [0.1, 0.15) is 0 Å². The topological polar surface area (TPSA) is 34.0 Å². The van der Waals surface area contributed by atoms with Gasteiger partial charge in [0.2, 0.25) is 0 Å². The molecule has 0 aliphatic rings. The van der Waals surface area contributed by atoms with Gasteiger partial charge in [-0.3, -0.25) is 9.97 Å². The van der Waals surface area contributed by atoms with Crippen molar-refractivity contribution in [3.05, 3.63) is 168 Å². The number of hydrogen-bond acceptors (Lipinski definition) is 3. The van der Waals surface area contributed by atoms with E-state index >= 15 is 0 Å². The first-order valence-electron chi connectivity index (χ1n) is 19.4. The number of imidazole rings is 1. The minimum absolute atomic E-state index is 0. The molecule has 4 nitrogen and oxygen atoms in total. The molecule has 0 saturated heterocycles. The van der Waals surface area contributed by atoms with E-state index < -0.39 is 8.07 Å². The van der Waals surface area contributed by atoms with E-state index in [1.165, 1.54) is 22.4 Å². The van der Waals surface area contributed by atoms with Crippen LogP contribution in [-0.4, -0.2) is 22.6 Å².